The SMILES string of the molecule is CC(C#N)S(=O)(=O)Nc1ccccc1C#CCO. The summed E-state index contributed by atoms with van der Waals surface area (Å²) in [6, 6.07) is 8.18. The second-order valence-corrected chi connectivity index (χ2v) is 5.43. The molecule has 0 aliphatic heterocycles. The Balaban J connectivity index is 3.10. The van der Waals surface area contributed by atoms with Crippen LogP contribution in [0.25, 0.3) is 0 Å². The lowest BCUT2D eigenvalue weighted by molar-refractivity contribution is 0.350. The lowest BCUT2D eigenvalue weighted by Crippen LogP contribution is -2.24. The highest BCUT2D eigenvalue weighted by molar-refractivity contribution is 7.93. The van der Waals surface area contributed by atoms with E-state index >= 15 is 0 Å². The van der Waals surface area contributed by atoms with Gasteiger partial charge in [0.15, 0.2) is 5.25 Å². The van der Waals surface area contributed by atoms with Gasteiger partial charge in [-0.1, -0.05) is 24.0 Å². The fraction of sp³-hybridized carbons (Fsp3) is 0.250. The van der Waals surface area contributed by atoms with Crippen LogP contribution >= 0.6 is 0 Å². The van der Waals surface area contributed by atoms with Crippen LogP contribution in [0.5, 0.6) is 0 Å². The molecule has 0 bridgehead atoms. The maximum absolute atomic E-state index is 11.7. The van der Waals surface area contributed by atoms with Crippen LogP contribution in [0.2, 0.25) is 0 Å². The van der Waals surface area contributed by atoms with Gasteiger partial charge in [0.1, 0.15) is 6.61 Å². The number of aliphatic hydroxyl groups excluding tert-OH is 1. The summed E-state index contributed by atoms with van der Waals surface area (Å²) >= 11 is 0. The number of para-hydroxylation sites is 1. The summed E-state index contributed by atoms with van der Waals surface area (Å²) < 4.78 is 25.8. The van der Waals surface area contributed by atoms with Crippen molar-refractivity contribution in [3.05, 3.63) is 29.8 Å². The molecule has 0 aromatic heterocycles. The number of nitrogens with one attached hydrogen (secondary N) is 1. The molecule has 1 rings (SSSR count). The first-order valence-electron chi connectivity index (χ1n) is 5.11. The van der Waals surface area contributed by atoms with E-state index in [4.69, 9.17) is 10.4 Å². The third-order valence-corrected chi connectivity index (χ3v) is 3.67. The Bertz CT molecular complexity index is 621. The van der Waals surface area contributed by atoms with Gasteiger partial charge in [-0.05, 0) is 19.1 Å². The summed E-state index contributed by atoms with van der Waals surface area (Å²) in [5.41, 5.74) is 0.737. The van der Waals surface area contributed by atoms with Crippen molar-refractivity contribution < 1.29 is 13.5 Å². The normalized spacial score (nSPS) is 11.8. The number of aliphatic hydroxyl groups is 1. The van der Waals surface area contributed by atoms with E-state index in [0.717, 1.165) is 0 Å². The predicted molar refractivity (Wildman–Crippen MR) is 68.0 cm³/mol. The zero-order valence-electron chi connectivity index (χ0n) is 9.71. The second-order valence-electron chi connectivity index (χ2n) is 3.42. The number of hydrogen-bond acceptors (Lipinski definition) is 4. The highest BCUT2D eigenvalue weighted by Crippen LogP contribution is 2.16. The van der Waals surface area contributed by atoms with Gasteiger partial charge >= 0.3 is 0 Å². The van der Waals surface area contributed by atoms with Gasteiger partial charge in [-0.25, -0.2) is 8.42 Å². The van der Waals surface area contributed by atoms with Gasteiger partial charge < -0.3 is 5.11 Å². The molecule has 2 N–H and O–H groups in total. The van der Waals surface area contributed by atoms with Gasteiger partial charge in [-0.2, -0.15) is 5.26 Å². The van der Waals surface area contributed by atoms with Gasteiger partial charge in [0.2, 0.25) is 10.0 Å². The molecule has 5 nitrogen and oxygen atoms in total. The van der Waals surface area contributed by atoms with Crippen LogP contribution in [0, 0.1) is 23.2 Å². The first-order valence-corrected chi connectivity index (χ1v) is 6.66. The monoisotopic (exact) mass is 264 g/mol. The number of benzene rings is 1. The Kier molecular flexibility index (Phi) is 4.73. The van der Waals surface area contributed by atoms with Gasteiger partial charge in [-0.3, -0.25) is 4.72 Å². The topological polar surface area (TPSA) is 90.2 Å². The van der Waals surface area contributed by atoms with Crippen LogP contribution in [-0.2, 0) is 10.0 Å². The van der Waals surface area contributed by atoms with E-state index in [9.17, 15) is 8.42 Å². The van der Waals surface area contributed by atoms with E-state index < -0.39 is 15.3 Å². The molecule has 0 aliphatic rings. The van der Waals surface area contributed by atoms with Crippen LogP contribution in [0.4, 0.5) is 5.69 Å². The van der Waals surface area contributed by atoms with Crippen molar-refractivity contribution >= 4 is 15.7 Å². The molecular formula is C12H12N2O3S. The molecule has 0 saturated carbocycles. The molecule has 0 spiro atoms. The van der Waals surface area contributed by atoms with Crippen molar-refractivity contribution in [3.63, 3.8) is 0 Å². The quantitative estimate of drug-likeness (QED) is 0.786. The zero-order valence-corrected chi connectivity index (χ0v) is 10.5. The van der Waals surface area contributed by atoms with Gasteiger partial charge in [0.25, 0.3) is 0 Å². The van der Waals surface area contributed by atoms with Crippen LogP contribution in [0.3, 0.4) is 0 Å². The highest BCUT2D eigenvalue weighted by Gasteiger charge is 2.20. The minimum atomic E-state index is -3.75. The maximum Gasteiger partial charge on any atom is 0.248 e. The van der Waals surface area contributed by atoms with Crippen LogP contribution < -0.4 is 4.72 Å². The molecule has 1 aromatic rings. The predicted octanol–water partition coefficient (Wildman–Crippen LogP) is 0.684. The largest absolute Gasteiger partial charge is 0.384 e. The first kappa shape index (κ1) is 14.0. The van der Waals surface area contributed by atoms with Crippen molar-refractivity contribution in [2.45, 2.75) is 12.2 Å². The fourth-order valence-corrected chi connectivity index (χ4v) is 1.93. The van der Waals surface area contributed by atoms with E-state index in [2.05, 4.69) is 16.6 Å². The maximum atomic E-state index is 11.7. The van der Waals surface area contributed by atoms with E-state index in [1.54, 1.807) is 30.3 Å². The molecule has 1 unspecified atom stereocenters. The Labute approximate surface area is 106 Å². The third kappa shape index (κ3) is 3.49. The molecule has 0 radical (unpaired) electrons. The average molecular weight is 264 g/mol. The molecule has 0 aliphatic carbocycles. The number of rotatable bonds is 3. The van der Waals surface area contributed by atoms with Crippen LogP contribution in [0.15, 0.2) is 24.3 Å². The van der Waals surface area contributed by atoms with Crippen molar-refractivity contribution in [1.82, 2.24) is 0 Å². The average Bonchev–Trinajstić information content (AvgIpc) is 2.36. The molecular weight excluding hydrogens is 252 g/mol. The van der Waals surface area contributed by atoms with Crippen molar-refractivity contribution in [1.29, 1.82) is 5.26 Å². The molecule has 94 valence electrons. The number of anilines is 1. The van der Waals surface area contributed by atoms with E-state index in [-0.39, 0.29) is 6.61 Å². The summed E-state index contributed by atoms with van der Waals surface area (Å²) in [4.78, 5) is 0. The van der Waals surface area contributed by atoms with Gasteiger partial charge in [0, 0.05) is 5.56 Å². The number of nitriles is 1. The van der Waals surface area contributed by atoms with Gasteiger partial charge in [-0.15, -0.1) is 0 Å². The Hall–Kier alpha value is -2.02. The lowest BCUT2D eigenvalue weighted by Gasteiger charge is -2.10. The minimum absolute atomic E-state index is 0.292. The summed E-state index contributed by atoms with van der Waals surface area (Å²) in [7, 11) is -3.75. The van der Waals surface area contributed by atoms with Crippen molar-refractivity contribution in [3.8, 4) is 17.9 Å². The first-order chi connectivity index (χ1) is 8.51. The fourth-order valence-electron chi connectivity index (χ4n) is 1.13. The third-order valence-electron chi connectivity index (χ3n) is 2.13. The molecule has 18 heavy (non-hydrogen) atoms. The Morgan fingerprint density at radius 1 is 1.44 bits per heavy atom. The Morgan fingerprint density at radius 3 is 2.72 bits per heavy atom. The smallest absolute Gasteiger partial charge is 0.248 e. The van der Waals surface area contributed by atoms with E-state index in [1.165, 1.54) is 6.92 Å². The minimum Gasteiger partial charge on any atom is -0.384 e. The molecule has 0 saturated heterocycles. The molecule has 1 aromatic carbocycles. The standard InChI is InChI=1S/C12H12N2O3S/c1-10(9-13)18(16,17)14-12-7-3-2-5-11(12)6-4-8-15/h2-3,5,7,10,14-15H,8H2,1H3. The van der Waals surface area contributed by atoms with Gasteiger partial charge in [0.05, 0.1) is 11.8 Å². The number of hydrogen-bond donors (Lipinski definition) is 2. The van der Waals surface area contributed by atoms with Crippen LogP contribution in [0.1, 0.15) is 12.5 Å². The second kappa shape index (κ2) is 6.06. The molecule has 1 atom stereocenters. The summed E-state index contributed by atoms with van der Waals surface area (Å²) in [5.74, 6) is 5.07. The van der Waals surface area contributed by atoms with Crippen molar-refractivity contribution in [2.75, 3.05) is 11.3 Å². The Morgan fingerprint density at radius 2 is 2.11 bits per heavy atom. The zero-order chi connectivity index (χ0) is 13.6. The molecule has 0 heterocycles. The molecule has 0 amide bonds. The summed E-state index contributed by atoms with van der Waals surface area (Å²) in [5, 5.41) is 16.1. The molecule has 0 fully saturated rings. The summed E-state index contributed by atoms with van der Waals surface area (Å²) in [6.45, 7) is 0.986. The summed E-state index contributed by atoms with van der Waals surface area (Å²) in [6.07, 6.45) is 0. The van der Waals surface area contributed by atoms with Crippen molar-refractivity contribution in [2.24, 2.45) is 0 Å². The highest BCUT2D eigenvalue weighted by atomic mass is 32.2. The van der Waals surface area contributed by atoms with Crippen LogP contribution in [-0.4, -0.2) is 25.4 Å². The van der Waals surface area contributed by atoms with E-state index in [0.29, 0.717) is 11.3 Å². The van der Waals surface area contributed by atoms with E-state index in [1.807, 2.05) is 0 Å². The number of sulfonamides is 1. The molecule has 6 heteroatoms. The lowest BCUT2D eigenvalue weighted by atomic mass is 10.2. The number of nitrogens with zero attached hydrogens (tertiary/aromatic N) is 1.